The van der Waals surface area contributed by atoms with Crippen LogP contribution in [-0.2, 0) is 0 Å². The van der Waals surface area contributed by atoms with E-state index in [1.54, 1.807) is 0 Å². The second-order valence-electron chi connectivity index (χ2n) is 3.49. The zero-order valence-corrected chi connectivity index (χ0v) is 7.86. The average molecular weight is 195 g/mol. The first-order valence-corrected chi connectivity index (χ1v) is 4.81. The van der Waals surface area contributed by atoms with Crippen molar-refractivity contribution in [2.24, 2.45) is 0 Å². The highest BCUT2D eigenvalue weighted by molar-refractivity contribution is 5.41. The van der Waals surface area contributed by atoms with Crippen molar-refractivity contribution in [1.82, 2.24) is 10.2 Å². The summed E-state index contributed by atoms with van der Waals surface area (Å²) < 4.78 is 0. The molecule has 5 heteroatoms. The first-order valence-electron chi connectivity index (χ1n) is 4.81. The van der Waals surface area contributed by atoms with Gasteiger partial charge in [-0.2, -0.15) is 5.10 Å². The van der Waals surface area contributed by atoms with E-state index < -0.39 is 5.56 Å². The largest absolute Gasteiger partial charge is 0.503 e. The molecule has 2 heterocycles. The van der Waals surface area contributed by atoms with Crippen LogP contribution in [0.4, 0.5) is 5.82 Å². The van der Waals surface area contributed by atoms with Gasteiger partial charge in [0.15, 0.2) is 11.6 Å². The lowest BCUT2D eigenvalue weighted by atomic mass is 10.1. The highest BCUT2D eigenvalue weighted by Gasteiger charge is 2.13. The molecule has 0 atom stereocenters. The van der Waals surface area contributed by atoms with Crippen molar-refractivity contribution < 1.29 is 5.11 Å². The van der Waals surface area contributed by atoms with E-state index in [2.05, 4.69) is 15.1 Å². The fraction of sp³-hybridized carbons (Fsp3) is 0.556. The molecule has 1 aliphatic heterocycles. The molecule has 0 aliphatic carbocycles. The smallest absolute Gasteiger partial charge is 0.306 e. The Labute approximate surface area is 81.4 Å². The number of rotatable bonds is 1. The maximum Gasteiger partial charge on any atom is 0.306 e. The third-order valence-corrected chi connectivity index (χ3v) is 2.45. The van der Waals surface area contributed by atoms with E-state index in [4.69, 9.17) is 0 Å². The first-order chi connectivity index (χ1) is 6.77. The van der Waals surface area contributed by atoms with E-state index in [1.165, 1.54) is 12.5 Å². The maximum atomic E-state index is 10.9. The van der Waals surface area contributed by atoms with E-state index in [1.807, 2.05) is 0 Å². The molecule has 14 heavy (non-hydrogen) atoms. The third kappa shape index (κ3) is 1.71. The first kappa shape index (κ1) is 9.05. The monoisotopic (exact) mass is 195 g/mol. The average Bonchev–Trinajstić information content (AvgIpc) is 2.23. The van der Waals surface area contributed by atoms with Crippen molar-refractivity contribution in [3.8, 4) is 5.75 Å². The number of nitrogens with zero attached hydrogens (tertiary/aromatic N) is 2. The van der Waals surface area contributed by atoms with Gasteiger partial charge in [-0.1, -0.05) is 0 Å². The number of anilines is 1. The van der Waals surface area contributed by atoms with E-state index in [0.717, 1.165) is 25.9 Å². The van der Waals surface area contributed by atoms with E-state index in [9.17, 15) is 9.90 Å². The van der Waals surface area contributed by atoms with Gasteiger partial charge < -0.3 is 10.0 Å². The minimum Gasteiger partial charge on any atom is -0.503 e. The lowest BCUT2D eigenvalue weighted by Crippen LogP contribution is -2.31. The Bertz CT molecular complexity index is 369. The van der Waals surface area contributed by atoms with Crippen molar-refractivity contribution in [3.63, 3.8) is 0 Å². The SMILES string of the molecule is O=c1[nH]nc(N2CCCCC2)cc1O. The summed E-state index contributed by atoms with van der Waals surface area (Å²) in [7, 11) is 0. The fourth-order valence-electron chi connectivity index (χ4n) is 1.67. The van der Waals surface area contributed by atoms with Crippen LogP contribution in [0.1, 0.15) is 19.3 Å². The number of hydrogen-bond donors (Lipinski definition) is 2. The van der Waals surface area contributed by atoms with E-state index >= 15 is 0 Å². The second kappa shape index (κ2) is 3.69. The molecule has 0 amide bonds. The van der Waals surface area contributed by atoms with Gasteiger partial charge in [-0.15, -0.1) is 0 Å². The summed E-state index contributed by atoms with van der Waals surface area (Å²) in [6.07, 6.45) is 3.52. The van der Waals surface area contributed by atoms with Crippen molar-refractivity contribution in [3.05, 3.63) is 16.4 Å². The summed E-state index contributed by atoms with van der Waals surface area (Å²) in [6.45, 7) is 1.89. The van der Waals surface area contributed by atoms with Crippen molar-refractivity contribution >= 4 is 5.82 Å². The number of aromatic amines is 1. The summed E-state index contributed by atoms with van der Waals surface area (Å²) in [6, 6.07) is 1.42. The Hall–Kier alpha value is -1.52. The molecule has 1 aromatic rings. The van der Waals surface area contributed by atoms with Crippen molar-refractivity contribution in [2.45, 2.75) is 19.3 Å². The van der Waals surface area contributed by atoms with Gasteiger partial charge in [0.25, 0.3) is 0 Å². The molecule has 1 saturated heterocycles. The molecular weight excluding hydrogens is 182 g/mol. The predicted molar refractivity (Wildman–Crippen MR) is 52.6 cm³/mol. The fourth-order valence-corrected chi connectivity index (χ4v) is 1.67. The second-order valence-corrected chi connectivity index (χ2v) is 3.49. The molecule has 2 N–H and O–H groups in total. The molecule has 0 radical (unpaired) electrons. The Morgan fingerprint density at radius 3 is 2.71 bits per heavy atom. The molecule has 76 valence electrons. The Morgan fingerprint density at radius 2 is 2.07 bits per heavy atom. The lowest BCUT2D eigenvalue weighted by molar-refractivity contribution is 0.462. The summed E-state index contributed by atoms with van der Waals surface area (Å²) in [5.41, 5.74) is -0.536. The predicted octanol–water partition coefficient (Wildman–Crippen LogP) is 0.466. The molecule has 1 fully saturated rings. The molecule has 0 bridgehead atoms. The minimum absolute atomic E-state index is 0.263. The standard InChI is InChI=1S/C9H13N3O2/c13-7-6-8(10-11-9(7)14)12-4-2-1-3-5-12/h6H,1-5H2,(H,10,13)(H,11,14). The summed E-state index contributed by atoms with van der Waals surface area (Å²) in [4.78, 5) is 12.9. The van der Waals surface area contributed by atoms with Crippen LogP contribution < -0.4 is 10.5 Å². The highest BCUT2D eigenvalue weighted by atomic mass is 16.3. The molecule has 1 aliphatic rings. The van der Waals surface area contributed by atoms with Gasteiger partial charge in [-0.3, -0.25) is 4.79 Å². The molecule has 0 spiro atoms. The van der Waals surface area contributed by atoms with Gasteiger partial charge >= 0.3 is 5.56 Å². The van der Waals surface area contributed by atoms with Crippen LogP contribution in [0.3, 0.4) is 0 Å². The molecule has 1 aromatic heterocycles. The summed E-state index contributed by atoms with van der Waals surface area (Å²) >= 11 is 0. The Balaban J connectivity index is 2.22. The molecule has 0 aromatic carbocycles. The van der Waals surface area contributed by atoms with Crippen LogP contribution in [-0.4, -0.2) is 28.4 Å². The molecule has 0 unspecified atom stereocenters. The van der Waals surface area contributed by atoms with Crippen LogP contribution in [0.25, 0.3) is 0 Å². The summed E-state index contributed by atoms with van der Waals surface area (Å²) in [5, 5.41) is 15.4. The van der Waals surface area contributed by atoms with Crippen LogP contribution >= 0.6 is 0 Å². The van der Waals surface area contributed by atoms with Crippen LogP contribution in [0.15, 0.2) is 10.9 Å². The van der Waals surface area contributed by atoms with Crippen LogP contribution in [0.5, 0.6) is 5.75 Å². The Kier molecular flexibility index (Phi) is 2.39. The van der Waals surface area contributed by atoms with E-state index in [-0.39, 0.29) is 5.75 Å². The number of aromatic hydroxyl groups is 1. The quantitative estimate of drug-likeness (QED) is 0.683. The topological polar surface area (TPSA) is 69.2 Å². The Morgan fingerprint density at radius 1 is 1.36 bits per heavy atom. The van der Waals surface area contributed by atoms with Crippen molar-refractivity contribution in [2.75, 3.05) is 18.0 Å². The van der Waals surface area contributed by atoms with Gasteiger partial charge in [0.2, 0.25) is 0 Å². The molecule has 5 nitrogen and oxygen atoms in total. The molecule has 2 rings (SSSR count). The molecule has 0 saturated carbocycles. The molecular formula is C9H13N3O2. The number of piperidine rings is 1. The number of nitrogens with one attached hydrogen (secondary N) is 1. The van der Waals surface area contributed by atoms with E-state index in [0.29, 0.717) is 5.82 Å². The highest BCUT2D eigenvalue weighted by Crippen LogP contribution is 2.17. The summed E-state index contributed by atoms with van der Waals surface area (Å²) in [5.74, 6) is 0.391. The van der Waals surface area contributed by atoms with Gasteiger partial charge in [0, 0.05) is 19.2 Å². The number of H-pyrrole nitrogens is 1. The zero-order valence-electron chi connectivity index (χ0n) is 7.86. The third-order valence-electron chi connectivity index (χ3n) is 2.45. The van der Waals surface area contributed by atoms with Crippen molar-refractivity contribution in [1.29, 1.82) is 0 Å². The zero-order chi connectivity index (χ0) is 9.97. The normalized spacial score (nSPS) is 17.0. The van der Waals surface area contributed by atoms with Gasteiger partial charge in [-0.25, -0.2) is 5.10 Å². The van der Waals surface area contributed by atoms with Crippen LogP contribution in [0, 0.1) is 0 Å². The number of aromatic nitrogens is 2. The number of hydrogen-bond acceptors (Lipinski definition) is 4. The maximum absolute atomic E-state index is 10.9. The van der Waals surface area contributed by atoms with Gasteiger partial charge in [-0.05, 0) is 19.3 Å². The van der Waals surface area contributed by atoms with Gasteiger partial charge in [0.05, 0.1) is 0 Å². The van der Waals surface area contributed by atoms with Gasteiger partial charge in [0.1, 0.15) is 0 Å². The minimum atomic E-state index is -0.536. The van der Waals surface area contributed by atoms with Crippen LogP contribution in [0.2, 0.25) is 0 Å². The lowest BCUT2D eigenvalue weighted by Gasteiger charge is -2.27.